The Morgan fingerprint density at radius 3 is 2.48 bits per heavy atom. The van der Waals surface area contributed by atoms with E-state index in [1.54, 1.807) is 17.3 Å². The number of halogens is 3. The fourth-order valence-corrected chi connectivity index (χ4v) is 4.03. The number of piperidine rings is 2. The molecule has 1 unspecified atom stereocenters. The highest BCUT2D eigenvalue weighted by atomic mass is 19.4. The standard InChI is InChI=1S/C18H22F3N7O/c19-18(20,21)14-3-6-26(7-4-14)17(29)13-2-1-5-27(9-13)15-8-16(24-11-23-15)28-12-22-10-25-28/h8,10-14H,1-7,9H2. The van der Waals surface area contributed by atoms with Crippen LogP contribution in [0.4, 0.5) is 19.0 Å². The Balaban J connectivity index is 1.40. The molecule has 0 aromatic carbocycles. The Morgan fingerprint density at radius 2 is 1.79 bits per heavy atom. The molecule has 1 amide bonds. The van der Waals surface area contributed by atoms with Crippen molar-refractivity contribution in [1.82, 2.24) is 29.6 Å². The summed E-state index contributed by atoms with van der Waals surface area (Å²) in [4.78, 5) is 28.9. The third-order valence-corrected chi connectivity index (χ3v) is 5.66. The zero-order valence-corrected chi connectivity index (χ0v) is 15.8. The summed E-state index contributed by atoms with van der Waals surface area (Å²) >= 11 is 0. The van der Waals surface area contributed by atoms with Crippen LogP contribution in [0.25, 0.3) is 5.82 Å². The summed E-state index contributed by atoms with van der Waals surface area (Å²) in [7, 11) is 0. The van der Waals surface area contributed by atoms with Crippen LogP contribution in [0.3, 0.4) is 0 Å². The first-order valence-electron chi connectivity index (χ1n) is 9.69. The lowest BCUT2D eigenvalue weighted by Crippen LogP contribution is -2.48. The number of carbonyl (C=O) groups excluding carboxylic acids is 1. The van der Waals surface area contributed by atoms with E-state index in [4.69, 9.17) is 0 Å². The van der Waals surface area contributed by atoms with E-state index in [1.165, 1.54) is 17.3 Å². The van der Waals surface area contributed by atoms with E-state index in [9.17, 15) is 18.0 Å². The molecule has 2 aromatic heterocycles. The van der Waals surface area contributed by atoms with Gasteiger partial charge in [0.05, 0.1) is 11.8 Å². The molecule has 0 saturated carbocycles. The fourth-order valence-electron chi connectivity index (χ4n) is 4.03. The third kappa shape index (κ3) is 4.33. The van der Waals surface area contributed by atoms with Crippen molar-refractivity contribution in [3.8, 4) is 5.82 Å². The van der Waals surface area contributed by atoms with Gasteiger partial charge in [-0.1, -0.05) is 0 Å². The molecule has 0 N–H and O–H groups in total. The SMILES string of the molecule is O=C(C1CCCN(c2cc(-n3cncn3)ncn2)C1)N1CCC(C(F)(F)F)CC1. The number of carbonyl (C=O) groups is 1. The van der Waals surface area contributed by atoms with E-state index >= 15 is 0 Å². The van der Waals surface area contributed by atoms with Crippen LogP contribution >= 0.6 is 0 Å². The van der Waals surface area contributed by atoms with Crippen LogP contribution in [-0.2, 0) is 4.79 Å². The molecule has 0 spiro atoms. The van der Waals surface area contributed by atoms with Crippen molar-refractivity contribution in [1.29, 1.82) is 0 Å². The van der Waals surface area contributed by atoms with Crippen molar-refractivity contribution >= 4 is 11.7 Å². The Hall–Kier alpha value is -2.72. The molecular weight excluding hydrogens is 387 g/mol. The first-order chi connectivity index (χ1) is 13.9. The Labute approximate surface area is 165 Å². The zero-order valence-electron chi connectivity index (χ0n) is 15.8. The van der Waals surface area contributed by atoms with Gasteiger partial charge >= 0.3 is 6.18 Å². The topological polar surface area (TPSA) is 80.0 Å². The maximum Gasteiger partial charge on any atom is 0.391 e. The molecule has 1 atom stereocenters. The highest BCUT2D eigenvalue weighted by molar-refractivity contribution is 5.79. The minimum absolute atomic E-state index is 0.0150. The summed E-state index contributed by atoms with van der Waals surface area (Å²) in [5.74, 6) is -0.323. The summed E-state index contributed by atoms with van der Waals surface area (Å²) in [6.07, 6.45) is 1.75. The second kappa shape index (κ2) is 7.96. The summed E-state index contributed by atoms with van der Waals surface area (Å²) in [6.45, 7) is 1.59. The lowest BCUT2D eigenvalue weighted by molar-refractivity contribution is -0.187. The van der Waals surface area contributed by atoms with Crippen LogP contribution in [-0.4, -0.2) is 67.9 Å². The first kappa shape index (κ1) is 19.6. The number of amides is 1. The quantitative estimate of drug-likeness (QED) is 0.772. The molecule has 29 heavy (non-hydrogen) atoms. The van der Waals surface area contributed by atoms with Gasteiger partial charge < -0.3 is 9.80 Å². The first-order valence-corrected chi connectivity index (χ1v) is 9.69. The molecule has 0 radical (unpaired) electrons. The van der Waals surface area contributed by atoms with Crippen molar-refractivity contribution in [3.63, 3.8) is 0 Å². The predicted molar refractivity (Wildman–Crippen MR) is 97.2 cm³/mol. The Bertz CT molecular complexity index is 834. The summed E-state index contributed by atoms with van der Waals surface area (Å²) in [5, 5.41) is 4.06. The minimum Gasteiger partial charge on any atom is -0.356 e. The summed E-state index contributed by atoms with van der Waals surface area (Å²) < 4.78 is 40.1. The highest BCUT2D eigenvalue weighted by Crippen LogP contribution is 2.35. The van der Waals surface area contributed by atoms with Gasteiger partial charge in [0.15, 0.2) is 5.82 Å². The van der Waals surface area contributed by atoms with Crippen LogP contribution in [0.15, 0.2) is 25.0 Å². The van der Waals surface area contributed by atoms with Gasteiger partial charge in [0.1, 0.15) is 24.8 Å². The number of anilines is 1. The van der Waals surface area contributed by atoms with E-state index in [-0.39, 0.29) is 37.8 Å². The molecule has 0 aliphatic carbocycles. The van der Waals surface area contributed by atoms with E-state index in [1.807, 2.05) is 4.90 Å². The van der Waals surface area contributed by atoms with Gasteiger partial charge in [-0.25, -0.2) is 19.6 Å². The van der Waals surface area contributed by atoms with Crippen molar-refractivity contribution in [2.45, 2.75) is 31.9 Å². The molecule has 2 saturated heterocycles. The molecule has 2 aliphatic rings. The van der Waals surface area contributed by atoms with Crippen molar-refractivity contribution < 1.29 is 18.0 Å². The molecule has 156 valence electrons. The number of hydrogen-bond donors (Lipinski definition) is 0. The van der Waals surface area contributed by atoms with Crippen LogP contribution in [0.2, 0.25) is 0 Å². The summed E-state index contributed by atoms with van der Waals surface area (Å²) in [6, 6.07) is 1.79. The second-order valence-electron chi connectivity index (χ2n) is 7.50. The Morgan fingerprint density at radius 1 is 1.03 bits per heavy atom. The van der Waals surface area contributed by atoms with E-state index in [0.717, 1.165) is 19.4 Å². The van der Waals surface area contributed by atoms with Gasteiger partial charge in [-0.15, -0.1) is 0 Å². The molecular formula is C18H22F3N7O. The van der Waals surface area contributed by atoms with Crippen LogP contribution in [0.1, 0.15) is 25.7 Å². The van der Waals surface area contributed by atoms with Crippen molar-refractivity contribution in [2.24, 2.45) is 11.8 Å². The van der Waals surface area contributed by atoms with Gasteiger partial charge in [-0.05, 0) is 25.7 Å². The smallest absolute Gasteiger partial charge is 0.356 e. The van der Waals surface area contributed by atoms with Gasteiger partial charge in [0.2, 0.25) is 5.91 Å². The zero-order chi connectivity index (χ0) is 20.4. The second-order valence-corrected chi connectivity index (χ2v) is 7.50. The van der Waals surface area contributed by atoms with Crippen molar-refractivity contribution in [2.75, 3.05) is 31.1 Å². The van der Waals surface area contributed by atoms with Gasteiger partial charge in [0.25, 0.3) is 0 Å². The lowest BCUT2D eigenvalue weighted by atomic mass is 9.92. The molecule has 4 rings (SSSR count). The largest absolute Gasteiger partial charge is 0.391 e. The monoisotopic (exact) mass is 409 g/mol. The van der Waals surface area contributed by atoms with Crippen LogP contribution in [0, 0.1) is 11.8 Å². The summed E-state index contributed by atoms with van der Waals surface area (Å²) in [5.41, 5.74) is 0. The van der Waals surface area contributed by atoms with Gasteiger partial charge in [-0.2, -0.15) is 18.3 Å². The molecule has 2 aromatic rings. The molecule has 4 heterocycles. The van der Waals surface area contributed by atoms with Gasteiger partial charge in [-0.3, -0.25) is 4.79 Å². The maximum atomic E-state index is 12.9. The Kier molecular flexibility index (Phi) is 5.37. The number of nitrogens with zero attached hydrogens (tertiary/aromatic N) is 7. The predicted octanol–water partition coefficient (Wildman–Crippen LogP) is 2.07. The molecule has 2 fully saturated rings. The van der Waals surface area contributed by atoms with E-state index in [2.05, 4.69) is 20.1 Å². The number of rotatable bonds is 3. The maximum absolute atomic E-state index is 12.9. The number of aromatic nitrogens is 5. The van der Waals surface area contributed by atoms with E-state index in [0.29, 0.717) is 18.2 Å². The van der Waals surface area contributed by atoms with Crippen molar-refractivity contribution in [3.05, 3.63) is 25.0 Å². The van der Waals surface area contributed by atoms with E-state index < -0.39 is 12.1 Å². The number of hydrogen-bond acceptors (Lipinski definition) is 6. The fraction of sp³-hybridized carbons (Fsp3) is 0.611. The lowest BCUT2D eigenvalue weighted by Gasteiger charge is -2.38. The number of likely N-dealkylation sites (tertiary alicyclic amines) is 1. The normalized spacial score (nSPS) is 21.4. The molecule has 2 aliphatic heterocycles. The van der Waals surface area contributed by atoms with Crippen LogP contribution in [0.5, 0.6) is 0 Å². The highest BCUT2D eigenvalue weighted by Gasteiger charge is 2.42. The third-order valence-electron chi connectivity index (χ3n) is 5.66. The average molecular weight is 409 g/mol. The molecule has 11 heteroatoms. The van der Waals surface area contributed by atoms with Gasteiger partial charge in [0, 0.05) is 32.2 Å². The van der Waals surface area contributed by atoms with Crippen LogP contribution < -0.4 is 4.90 Å². The number of alkyl halides is 3. The average Bonchev–Trinajstić information content (AvgIpc) is 3.28. The molecule has 8 nitrogen and oxygen atoms in total. The molecule has 0 bridgehead atoms. The minimum atomic E-state index is -4.18.